The van der Waals surface area contributed by atoms with Crippen LogP contribution in [0.2, 0.25) is 0 Å². The fourth-order valence-electron chi connectivity index (χ4n) is 3.38. The Morgan fingerprint density at radius 1 is 0.905 bits per heavy atom. The largest absolute Gasteiger partial charge is 0.393 e. The van der Waals surface area contributed by atoms with E-state index in [0.29, 0.717) is 5.92 Å². The van der Waals surface area contributed by atoms with E-state index in [1.54, 1.807) is 0 Å². The van der Waals surface area contributed by atoms with Crippen LogP contribution < -0.4 is 0 Å². The van der Waals surface area contributed by atoms with Gasteiger partial charge in [0.1, 0.15) is 0 Å². The Morgan fingerprint density at radius 2 is 1.57 bits per heavy atom. The van der Waals surface area contributed by atoms with Crippen molar-refractivity contribution in [3.05, 3.63) is 77.7 Å². The van der Waals surface area contributed by atoms with Gasteiger partial charge in [0.2, 0.25) is 0 Å². The van der Waals surface area contributed by atoms with Gasteiger partial charge in [0.05, 0.1) is 6.10 Å². The van der Waals surface area contributed by atoms with E-state index < -0.39 is 0 Å². The smallest absolute Gasteiger partial charge is 0.0568 e. The molecule has 1 radical (unpaired) electrons. The Hall–Kier alpha value is -1.60. The van der Waals surface area contributed by atoms with Gasteiger partial charge in [-0.1, -0.05) is 67.1 Å². The zero-order valence-corrected chi connectivity index (χ0v) is 12.4. The molecular weight excluding hydrogens is 256 g/mol. The van der Waals surface area contributed by atoms with Gasteiger partial charge in [0.15, 0.2) is 0 Å². The molecule has 2 aromatic carbocycles. The second kappa shape index (κ2) is 6.91. The van der Waals surface area contributed by atoms with Gasteiger partial charge in [0, 0.05) is 5.92 Å². The molecule has 21 heavy (non-hydrogen) atoms. The van der Waals surface area contributed by atoms with Gasteiger partial charge in [-0.2, -0.15) is 0 Å². The lowest BCUT2D eigenvalue weighted by Gasteiger charge is -2.23. The van der Waals surface area contributed by atoms with Gasteiger partial charge in [0.25, 0.3) is 0 Å². The van der Waals surface area contributed by atoms with E-state index >= 15 is 0 Å². The molecule has 1 saturated carbocycles. The lowest BCUT2D eigenvalue weighted by atomic mass is 9.83. The zero-order valence-electron chi connectivity index (χ0n) is 12.4. The maximum absolute atomic E-state index is 10.1. The normalized spacial score (nSPS) is 21.8. The van der Waals surface area contributed by atoms with E-state index in [4.69, 9.17) is 0 Å². The summed E-state index contributed by atoms with van der Waals surface area (Å²) in [6.45, 7) is 0. The molecule has 0 heterocycles. The molecule has 0 spiro atoms. The Kier molecular flexibility index (Phi) is 4.72. The standard InChI is InChI=1S/C20H23O/c21-20-13-7-12-18(20)15-19(17-10-5-2-6-11-17)14-16-8-3-1-4-9-16/h1-6,8-11,18,20-21H,7,12-15H2. The number of rotatable bonds is 5. The van der Waals surface area contributed by atoms with Crippen LogP contribution in [0.4, 0.5) is 0 Å². The molecule has 1 heteroatoms. The van der Waals surface area contributed by atoms with Crippen molar-refractivity contribution >= 4 is 0 Å². The second-order valence-corrected chi connectivity index (χ2v) is 6.09. The first-order valence-electron chi connectivity index (χ1n) is 7.95. The summed E-state index contributed by atoms with van der Waals surface area (Å²) in [6, 6.07) is 21.3. The summed E-state index contributed by atoms with van der Waals surface area (Å²) >= 11 is 0. The number of hydrogen-bond acceptors (Lipinski definition) is 1. The first-order chi connectivity index (χ1) is 10.3. The van der Waals surface area contributed by atoms with E-state index in [2.05, 4.69) is 60.7 Å². The van der Waals surface area contributed by atoms with E-state index in [9.17, 15) is 5.11 Å². The van der Waals surface area contributed by atoms with Gasteiger partial charge in [-0.3, -0.25) is 0 Å². The summed E-state index contributed by atoms with van der Waals surface area (Å²) in [7, 11) is 0. The Labute approximate surface area is 127 Å². The molecule has 1 aliphatic rings. The third kappa shape index (κ3) is 3.74. The van der Waals surface area contributed by atoms with Crippen LogP contribution in [-0.4, -0.2) is 11.2 Å². The molecule has 0 saturated heterocycles. The van der Waals surface area contributed by atoms with Crippen LogP contribution in [0.25, 0.3) is 0 Å². The Morgan fingerprint density at radius 3 is 2.19 bits per heavy atom. The minimum Gasteiger partial charge on any atom is -0.393 e. The molecular formula is C20H23O. The number of aliphatic hydroxyl groups excluding tert-OH is 1. The van der Waals surface area contributed by atoms with Gasteiger partial charge < -0.3 is 5.11 Å². The van der Waals surface area contributed by atoms with E-state index in [1.807, 2.05) is 0 Å². The molecule has 109 valence electrons. The molecule has 0 aliphatic heterocycles. The summed E-state index contributed by atoms with van der Waals surface area (Å²) < 4.78 is 0. The quantitative estimate of drug-likeness (QED) is 0.860. The zero-order chi connectivity index (χ0) is 14.5. The van der Waals surface area contributed by atoms with Crippen molar-refractivity contribution in [3.63, 3.8) is 0 Å². The molecule has 2 aromatic rings. The molecule has 0 bridgehead atoms. The average molecular weight is 279 g/mol. The van der Waals surface area contributed by atoms with Crippen molar-refractivity contribution in [2.45, 2.75) is 38.2 Å². The van der Waals surface area contributed by atoms with Crippen LogP contribution in [0, 0.1) is 11.8 Å². The fourth-order valence-corrected chi connectivity index (χ4v) is 3.38. The fraction of sp³-hybridized carbons (Fsp3) is 0.350. The van der Waals surface area contributed by atoms with Gasteiger partial charge in [-0.05, 0) is 42.7 Å². The summed E-state index contributed by atoms with van der Waals surface area (Å²) in [5.74, 6) is 1.89. The van der Waals surface area contributed by atoms with Crippen LogP contribution >= 0.6 is 0 Å². The average Bonchev–Trinajstić information content (AvgIpc) is 2.94. The third-order valence-electron chi connectivity index (χ3n) is 4.57. The van der Waals surface area contributed by atoms with E-state index in [0.717, 1.165) is 25.7 Å². The molecule has 2 atom stereocenters. The predicted molar refractivity (Wildman–Crippen MR) is 86.9 cm³/mol. The molecule has 1 nitrogen and oxygen atoms in total. The second-order valence-electron chi connectivity index (χ2n) is 6.09. The number of aliphatic hydroxyl groups is 1. The SMILES string of the molecule is OC1CCCC1C[C](Cc1ccccc1)c1ccccc1. The molecule has 1 N–H and O–H groups in total. The van der Waals surface area contributed by atoms with Crippen molar-refractivity contribution in [2.24, 2.45) is 5.92 Å². The van der Waals surface area contributed by atoms with Crippen molar-refractivity contribution in [1.29, 1.82) is 0 Å². The van der Waals surface area contributed by atoms with Gasteiger partial charge in [-0.25, -0.2) is 0 Å². The van der Waals surface area contributed by atoms with Crippen molar-refractivity contribution in [3.8, 4) is 0 Å². The van der Waals surface area contributed by atoms with Crippen molar-refractivity contribution in [2.75, 3.05) is 0 Å². The van der Waals surface area contributed by atoms with Crippen LogP contribution in [-0.2, 0) is 6.42 Å². The maximum atomic E-state index is 10.1. The van der Waals surface area contributed by atoms with E-state index in [1.165, 1.54) is 23.5 Å². The molecule has 1 fully saturated rings. The Balaban J connectivity index is 1.77. The van der Waals surface area contributed by atoms with Gasteiger partial charge in [-0.15, -0.1) is 0 Å². The topological polar surface area (TPSA) is 20.2 Å². The predicted octanol–water partition coefficient (Wildman–Crippen LogP) is 4.40. The highest BCUT2D eigenvalue weighted by molar-refractivity contribution is 5.34. The molecule has 3 rings (SSSR count). The number of hydrogen-bond donors (Lipinski definition) is 1. The first-order valence-corrected chi connectivity index (χ1v) is 7.95. The van der Waals surface area contributed by atoms with Gasteiger partial charge >= 0.3 is 0 Å². The first kappa shape index (κ1) is 14.3. The molecule has 2 unspecified atom stereocenters. The van der Waals surface area contributed by atoms with Crippen molar-refractivity contribution < 1.29 is 5.11 Å². The summed E-state index contributed by atoms with van der Waals surface area (Å²) in [5, 5.41) is 10.1. The lowest BCUT2D eigenvalue weighted by molar-refractivity contribution is 0.130. The summed E-state index contributed by atoms with van der Waals surface area (Å²) in [5.41, 5.74) is 2.67. The highest BCUT2D eigenvalue weighted by Crippen LogP contribution is 2.35. The molecule has 0 aromatic heterocycles. The van der Waals surface area contributed by atoms with Crippen molar-refractivity contribution in [1.82, 2.24) is 0 Å². The van der Waals surface area contributed by atoms with Crippen LogP contribution in [0.1, 0.15) is 36.8 Å². The minimum absolute atomic E-state index is 0.112. The molecule has 1 aliphatic carbocycles. The third-order valence-corrected chi connectivity index (χ3v) is 4.57. The highest BCUT2D eigenvalue weighted by atomic mass is 16.3. The maximum Gasteiger partial charge on any atom is 0.0568 e. The summed E-state index contributed by atoms with van der Waals surface area (Å²) in [6.07, 6.45) is 5.18. The summed E-state index contributed by atoms with van der Waals surface area (Å²) in [4.78, 5) is 0. The highest BCUT2D eigenvalue weighted by Gasteiger charge is 2.28. The Bertz CT molecular complexity index is 534. The molecule has 0 amide bonds. The lowest BCUT2D eigenvalue weighted by Crippen LogP contribution is -2.18. The van der Waals surface area contributed by atoms with Crippen LogP contribution in [0.15, 0.2) is 60.7 Å². The van der Waals surface area contributed by atoms with Crippen LogP contribution in [0.5, 0.6) is 0 Å². The number of benzene rings is 2. The van der Waals surface area contributed by atoms with E-state index in [-0.39, 0.29) is 6.10 Å². The van der Waals surface area contributed by atoms with Crippen LogP contribution in [0.3, 0.4) is 0 Å². The minimum atomic E-state index is -0.112. The monoisotopic (exact) mass is 279 g/mol.